The quantitative estimate of drug-likeness (QED) is 0.692. The number of aromatic nitrogens is 1. The Morgan fingerprint density at radius 3 is 2.54 bits per heavy atom. The molecule has 1 aromatic rings. The van der Waals surface area contributed by atoms with Gasteiger partial charge in [-0.2, -0.15) is 8.42 Å². The van der Waals surface area contributed by atoms with Crippen molar-refractivity contribution in [3.8, 4) is 0 Å². The van der Waals surface area contributed by atoms with Crippen molar-refractivity contribution in [2.75, 3.05) is 0 Å². The first-order chi connectivity index (χ1) is 5.95. The summed E-state index contributed by atoms with van der Waals surface area (Å²) in [6.07, 6.45) is 1.32. The van der Waals surface area contributed by atoms with Crippen LogP contribution in [0.3, 0.4) is 0 Å². The standard InChI is InChI=1S/C7H9NO4S/c1-2-8-4-3-6(5-7(8)9)13(10,11)12/h3-5H,2H2,1H3,(H,10,11,12). The minimum atomic E-state index is -4.26. The highest BCUT2D eigenvalue weighted by Gasteiger charge is 2.09. The molecule has 0 saturated carbocycles. The molecule has 0 unspecified atom stereocenters. The zero-order valence-electron chi connectivity index (χ0n) is 6.97. The van der Waals surface area contributed by atoms with E-state index in [-0.39, 0.29) is 4.90 Å². The monoisotopic (exact) mass is 203 g/mol. The highest BCUT2D eigenvalue weighted by Crippen LogP contribution is 2.03. The van der Waals surface area contributed by atoms with Crippen molar-refractivity contribution < 1.29 is 13.0 Å². The highest BCUT2D eigenvalue weighted by molar-refractivity contribution is 7.85. The molecule has 1 rings (SSSR count). The van der Waals surface area contributed by atoms with E-state index in [2.05, 4.69) is 0 Å². The van der Waals surface area contributed by atoms with E-state index in [4.69, 9.17) is 4.55 Å². The molecule has 0 amide bonds. The van der Waals surface area contributed by atoms with Gasteiger partial charge in [-0.15, -0.1) is 0 Å². The van der Waals surface area contributed by atoms with Crippen molar-refractivity contribution in [3.05, 3.63) is 28.7 Å². The van der Waals surface area contributed by atoms with Crippen LogP contribution in [0.2, 0.25) is 0 Å². The number of hydrogen-bond donors (Lipinski definition) is 1. The fraction of sp³-hybridized carbons (Fsp3) is 0.286. The Morgan fingerprint density at radius 2 is 2.15 bits per heavy atom. The summed E-state index contributed by atoms with van der Waals surface area (Å²) >= 11 is 0. The number of aryl methyl sites for hydroxylation is 1. The molecule has 0 aliphatic carbocycles. The molecule has 1 heterocycles. The Balaban J connectivity index is 3.35. The second-order valence-electron chi connectivity index (χ2n) is 2.46. The van der Waals surface area contributed by atoms with Crippen molar-refractivity contribution in [1.29, 1.82) is 0 Å². The van der Waals surface area contributed by atoms with Gasteiger partial charge in [0.25, 0.3) is 15.7 Å². The smallest absolute Gasteiger partial charge is 0.294 e. The molecule has 0 radical (unpaired) electrons. The van der Waals surface area contributed by atoms with Crippen molar-refractivity contribution in [2.45, 2.75) is 18.4 Å². The lowest BCUT2D eigenvalue weighted by molar-refractivity contribution is 0.482. The lowest BCUT2D eigenvalue weighted by Gasteiger charge is -2.01. The average molecular weight is 203 g/mol. The van der Waals surface area contributed by atoms with Gasteiger partial charge in [-0.25, -0.2) is 0 Å². The van der Waals surface area contributed by atoms with Crippen LogP contribution in [0.15, 0.2) is 28.0 Å². The first-order valence-electron chi connectivity index (χ1n) is 3.63. The van der Waals surface area contributed by atoms with Crippen LogP contribution in [0.25, 0.3) is 0 Å². The molecule has 72 valence electrons. The molecule has 0 bridgehead atoms. The average Bonchev–Trinajstić information content (AvgIpc) is 2.02. The summed E-state index contributed by atoms with van der Waals surface area (Å²) in [5.74, 6) is 0. The fourth-order valence-electron chi connectivity index (χ4n) is 0.911. The Kier molecular flexibility index (Phi) is 2.53. The normalized spacial score (nSPS) is 11.5. The Labute approximate surface area is 75.4 Å². The van der Waals surface area contributed by atoms with E-state index in [0.29, 0.717) is 6.54 Å². The van der Waals surface area contributed by atoms with E-state index in [1.165, 1.54) is 16.8 Å². The Bertz CT molecular complexity index is 460. The summed E-state index contributed by atoms with van der Waals surface area (Å²) in [7, 11) is -4.26. The third kappa shape index (κ3) is 2.16. The number of pyridine rings is 1. The summed E-state index contributed by atoms with van der Waals surface area (Å²) in [6, 6.07) is 2.07. The molecule has 0 aliphatic rings. The van der Waals surface area contributed by atoms with E-state index in [1.807, 2.05) is 0 Å². The van der Waals surface area contributed by atoms with Crippen LogP contribution < -0.4 is 5.56 Å². The first kappa shape index (κ1) is 9.94. The van der Waals surface area contributed by atoms with Crippen LogP contribution in [0, 0.1) is 0 Å². The molecule has 1 N–H and O–H groups in total. The van der Waals surface area contributed by atoms with Gasteiger partial charge in [0, 0.05) is 18.8 Å². The second kappa shape index (κ2) is 3.31. The fourth-order valence-corrected chi connectivity index (χ4v) is 1.39. The van der Waals surface area contributed by atoms with Crippen LogP contribution >= 0.6 is 0 Å². The predicted molar refractivity (Wildman–Crippen MR) is 46.2 cm³/mol. The summed E-state index contributed by atoms with van der Waals surface area (Å²) < 4.78 is 31.1. The summed E-state index contributed by atoms with van der Waals surface area (Å²) in [5.41, 5.74) is -0.447. The van der Waals surface area contributed by atoms with Crippen molar-refractivity contribution in [3.63, 3.8) is 0 Å². The van der Waals surface area contributed by atoms with E-state index in [0.717, 1.165) is 6.07 Å². The SMILES string of the molecule is CCn1ccc(S(=O)(=O)O)cc1=O. The number of rotatable bonds is 2. The van der Waals surface area contributed by atoms with E-state index < -0.39 is 15.7 Å². The molecule has 0 spiro atoms. The Morgan fingerprint density at radius 1 is 1.54 bits per heavy atom. The van der Waals surface area contributed by atoms with Gasteiger partial charge < -0.3 is 4.57 Å². The predicted octanol–water partition coefficient (Wildman–Crippen LogP) is 0.115. The van der Waals surface area contributed by atoms with Crippen LogP contribution in [-0.4, -0.2) is 17.5 Å². The van der Waals surface area contributed by atoms with Crippen LogP contribution in [0.1, 0.15) is 6.92 Å². The van der Waals surface area contributed by atoms with E-state index in [9.17, 15) is 13.2 Å². The van der Waals surface area contributed by atoms with Crippen LogP contribution in [0.5, 0.6) is 0 Å². The molecule has 0 fully saturated rings. The molecule has 0 saturated heterocycles. The van der Waals surface area contributed by atoms with Crippen molar-refractivity contribution in [2.24, 2.45) is 0 Å². The second-order valence-corrected chi connectivity index (χ2v) is 3.88. The highest BCUT2D eigenvalue weighted by atomic mass is 32.2. The maximum atomic E-state index is 11.1. The molecule has 0 atom stereocenters. The molecule has 1 aromatic heterocycles. The molecular formula is C7H9NO4S. The van der Waals surface area contributed by atoms with Crippen molar-refractivity contribution in [1.82, 2.24) is 4.57 Å². The van der Waals surface area contributed by atoms with Gasteiger partial charge in [0.05, 0.1) is 0 Å². The molecule has 13 heavy (non-hydrogen) atoms. The third-order valence-corrected chi connectivity index (χ3v) is 2.46. The van der Waals surface area contributed by atoms with E-state index >= 15 is 0 Å². The van der Waals surface area contributed by atoms with Crippen LogP contribution in [0.4, 0.5) is 0 Å². The zero-order valence-corrected chi connectivity index (χ0v) is 7.78. The summed E-state index contributed by atoms with van der Waals surface area (Å²) in [5, 5.41) is 0. The molecule has 6 heteroatoms. The Hall–Kier alpha value is -1.14. The van der Waals surface area contributed by atoms with Crippen LogP contribution in [-0.2, 0) is 16.7 Å². The molecule has 0 aromatic carbocycles. The van der Waals surface area contributed by atoms with Gasteiger partial charge in [-0.3, -0.25) is 9.35 Å². The third-order valence-electron chi connectivity index (χ3n) is 1.61. The van der Waals surface area contributed by atoms with Gasteiger partial charge in [-0.1, -0.05) is 0 Å². The van der Waals surface area contributed by atoms with Gasteiger partial charge in [0.15, 0.2) is 0 Å². The largest absolute Gasteiger partial charge is 0.316 e. The maximum absolute atomic E-state index is 11.1. The zero-order chi connectivity index (χ0) is 10.1. The van der Waals surface area contributed by atoms with Gasteiger partial charge in [-0.05, 0) is 13.0 Å². The first-order valence-corrected chi connectivity index (χ1v) is 5.07. The van der Waals surface area contributed by atoms with E-state index in [1.54, 1.807) is 6.92 Å². The molecule has 5 nitrogen and oxygen atoms in total. The topological polar surface area (TPSA) is 76.4 Å². The molecular weight excluding hydrogens is 194 g/mol. The van der Waals surface area contributed by atoms with Gasteiger partial charge in [0.2, 0.25) is 0 Å². The lowest BCUT2D eigenvalue weighted by Crippen LogP contribution is -2.18. The van der Waals surface area contributed by atoms with Crippen molar-refractivity contribution >= 4 is 10.1 Å². The summed E-state index contributed by atoms with van der Waals surface area (Å²) in [4.78, 5) is 10.7. The summed E-state index contributed by atoms with van der Waals surface area (Å²) in [6.45, 7) is 2.22. The maximum Gasteiger partial charge on any atom is 0.294 e. The molecule has 0 aliphatic heterocycles. The van der Waals surface area contributed by atoms with Gasteiger partial charge in [0.1, 0.15) is 4.90 Å². The number of hydrogen-bond acceptors (Lipinski definition) is 3. The van der Waals surface area contributed by atoms with Gasteiger partial charge >= 0.3 is 0 Å². The lowest BCUT2D eigenvalue weighted by atomic mass is 10.4. The minimum Gasteiger partial charge on any atom is -0.316 e. The minimum absolute atomic E-state index is 0.373. The number of nitrogens with zero attached hydrogens (tertiary/aromatic N) is 1.